The van der Waals surface area contributed by atoms with E-state index >= 15 is 0 Å². The van der Waals surface area contributed by atoms with Gasteiger partial charge in [0.25, 0.3) is 5.91 Å². The average molecular weight is 347 g/mol. The first-order valence-corrected chi connectivity index (χ1v) is 8.74. The zero-order chi connectivity index (χ0) is 17.8. The lowest BCUT2D eigenvalue weighted by Crippen LogP contribution is -2.27. The summed E-state index contributed by atoms with van der Waals surface area (Å²) >= 11 is 1.48. The van der Waals surface area contributed by atoms with Gasteiger partial charge in [-0.25, -0.2) is 4.98 Å². The van der Waals surface area contributed by atoms with Gasteiger partial charge in [0.1, 0.15) is 5.69 Å². The summed E-state index contributed by atoms with van der Waals surface area (Å²) in [4.78, 5) is 18.0. The van der Waals surface area contributed by atoms with Crippen molar-refractivity contribution in [3.63, 3.8) is 0 Å². The second-order valence-corrected chi connectivity index (χ2v) is 6.91. The van der Waals surface area contributed by atoms with E-state index in [0.717, 1.165) is 21.0 Å². The molecule has 0 aliphatic rings. The number of rotatable bonds is 4. The highest BCUT2D eigenvalue weighted by atomic mass is 32.1. The Kier molecular flexibility index (Phi) is 4.92. The van der Waals surface area contributed by atoms with Crippen molar-refractivity contribution in [1.29, 1.82) is 5.26 Å². The number of nitrogens with one attached hydrogen (secondary N) is 1. The molecule has 3 rings (SSSR count). The van der Waals surface area contributed by atoms with Gasteiger partial charge in [0.2, 0.25) is 0 Å². The predicted octanol–water partition coefficient (Wildman–Crippen LogP) is 4.48. The number of hydrogen-bond donors (Lipinski definition) is 1. The standard InChI is InChI=1S/C20H17N3OS/c1-13(16-6-4-3-5-7-16)22-20(24)18-19(25-14(2)23-18)17-10-8-15(12-21)9-11-17/h3-11,13H,1-2H3,(H,22,24)/t13-/m1/s1. The molecule has 0 aliphatic heterocycles. The highest BCUT2D eigenvalue weighted by Crippen LogP contribution is 2.30. The van der Waals surface area contributed by atoms with Crippen LogP contribution in [0.4, 0.5) is 0 Å². The first-order chi connectivity index (χ1) is 12.1. The maximum Gasteiger partial charge on any atom is 0.271 e. The van der Waals surface area contributed by atoms with Gasteiger partial charge in [-0.05, 0) is 37.1 Å². The van der Waals surface area contributed by atoms with Crippen molar-refractivity contribution in [1.82, 2.24) is 10.3 Å². The molecular formula is C20H17N3OS. The number of nitriles is 1. The first-order valence-electron chi connectivity index (χ1n) is 7.92. The quantitative estimate of drug-likeness (QED) is 0.756. The number of aryl methyl sites for hydroxylation is 1. The Hall–Kier alpha value is -2.97. The summed E-state index contributed by atoms with van der Waals surface area (Å²) in [6.07, 6.45) is 0. The van der Waals surface area contributed by atoms with E-state index in [4.69, 9.17) is 5.26 Å². The molecule has 0 radical (unpaired) electrons. The largest absolute Gasteiger partial charge is 0.344 e. The molecular weight excluding hydrogens is 330 g/mol. The van der Waals surface area contributed by atoms with Crippen LogP contribution in [0.3, 0.4) is 0 Å². The highest BCUT2D eigenvalue weighted by molar-refractivity contribution is 7.15. The van der Waals surface area contributed by atoms with Gasteiger partial charge in [-0.3, -0.25) is 4.79 Å². The number of aromatic nitrogens is 1. The normalized spacial score (nSPS) is 11.6. The number of nitrogens with zero attached hydrogens (tertiary/aromatic N) is 2. The van der Waals surface area contributed by atoms with E-state index in [2.05, 4.69) is 16.4 Å². The third kappa shape index (κ3) is 3.76. The molecule has 0 aliphatic carbocycles. The predicted molar refractivity (Wildman–Crippen MR) is 99.3 cm³/mol. The summed E-state index contributed by atoms with van der Waals surface area (Å²) in [5.41, 5.74) is 2.95. The average Bonchev–Trinajstić information content (AvgIpc) is 3.04. The fraction of sp³-hybridized carbons (Fsp3) is 0.150. The first kappa shape index (κ1) is 16.9. The Balaban J connectivity index is 1.87. The van der Waals surface area contributed by atoms with Gasteiger partial charge in [-0.1, -0.05) is 42.5 Å². The lowest BCUT2D eigenvalue weighted by Gasteiger charge is -2.14. The van der Waals surface area contributed by atoms with Crippen molar-refractivity contribution in [3.8, 4) is 16.5 Å². The second kappa shape index (κ2) is 7.29. The van der Waals surface area contributed by atoms with E-state index < -0.39 is 0 Å². The van der Waals surface area contributed by atoms with Gasteiger partial charge in [0.05, 0.1) is 27.6 Å². The molecule has 0 bridgehead atoms. The fourth-order valence-electron chi connectivity index (χ4n) is 2.56. The molecule has 4 nitrogen and oxygen atoms in total. The van der Waals surface area contributed by atoms with Gasteiger partial charge in [0.15, 0.2) is 0 Å². The number of hydrogen-bond acceptors (Lipinski definition) is 4. The van der Waals surface area contributed by atoms with Gasteiger partial charge >= 0.3 is 0 Å². The van der Waals surface area contributed by atoms with Crippen LogP contribution in [0, 0.1) is 18.3 Å². The van der Waals surface area contributed by atoms with Crippen molar-refractivity contribution in [2.75, 3.05) is 0 Å². The molecule has 0 unspecified atom stereocenters. The van der Waals surface area contributed by atoms with E-state index in [1.807, 2.05) is 56.3 Å². The summed E-state index contributed by atoms with van der Waals surface area (Å²) in [5.74, 6) is -0.194. The van der Waals surface area contributed by atoms with Gasteiger partial charge in [-0.2, -0.15) is 5.26 Å². The number of benzene rings is 2. The van der Waals surface area contributed by atoms with Crippen LogP contribution in [0.15, 0.2) is 54.6 Å². The molecule has 1 heterocycles. The molecule has 0 saturated carbocycles. The van der Waals surface area contributed by atoms with Crippen LogP contribution in [-0.2, 0) is 0 Å². The number of carbonyl (C=O) groups is 1. The zero-order valence-corrected chi connectivity index (χ0v) is 14.8. The van der Waals surface area contributed by atoms with E-state index in [9.17, 15) is 4.79 Å². The Morgan fingerprint density at radius 3 is 2.48 bits per heavy atom. The molecule has 3 aromatic rings. The smallest absolute Gasteiger partial charge is 0.271 e. The van der Waals surface area contributed by atoms with Crippen LogP contribution in [0.5, 0.6) is 0 Å². The van der Waals surface area contributed by atoms with Crippen molar-refractivity contribution in [2.45, 2.75) is 19.9 Å². The monoisotopic (exact) mass is 347 g/mol. The molecule has 0 fully saturated rings. The van der Waals surface area contributed by atoms with E-state index in [-0.39, 0.29) is 11.9 Å². The fourth-order valence-corrected chi connectivity index (χ4v) is 3.48. The number of carbonyl (C=O) groups excluding carboxylic acids is 1. The van der Waals surface area contributed by atoms with Crippen LogP contribution in [0.25, 0.3) is 10.4 Å². The van der Waals surface area contributed by atoms with Gasteiger partial charge in [-0.15, -0.1) is 11.3 Å². The Bertz CT molecular complexity index is 924. The molecule has 0 saturated heterocycles. The molecule has 1 aromatic heterocycles. The van der Waals surface area contributed by atoms with Crippen LogP contribution < -0.4 is 5.32 Å². The summed E-state index contributed by atoms with van der Waals surface area (Å²) in [6, 6.07) is 19.0. The molecule has 0 spiro atoms. The Labute approximate surface area is 150 Å². The second-order valence-electron chi connectivity index (χ2n) is 5.71. The third-order valence-electron chi connectivity index (χ3n) is 3.87. The Morgan fingerprint density at radius 1 is 1.16 bits per heavy atom. The van der Waals surface area contributed by atoms with E-state index in [1.165, 1.54) is 11.3 Å². The molecule has 1 amide bonds. The molecule has 1 atom stereocenters. The molecule has 5 heteroatoms. The van der Waals surface area contributed by atoms with E-state index in [0.29, 0.717) is 11.3 Å². The number of amides is 1. The van der Waals surface area contributed by atoms with Gasteiger partial charge < -0.3 is 5.32 Å². The highest BCUT2D eigenvalue weighted by Gasteiger charge is 2.20. The number of thiazole rings is 1. The summed E-state index contributed by atoms with van der Waals surface area (Å²) in [5, 5.41) is 12.8. The van der Waals surface area contributed by atoms with Crippen molar-refractivity contribution >= 4 is 17.2 Å². The van der Waals surface area contributed by atoms with Crippen LogP contribution >= 0.6 is 11.3 Å². The lowest BCUT2D eigenvalue weighted by molar-refractivity contribution is 0.0936. The van der Waals surface area contributed by atoms with Crippen molar-refractivity contribution in [2.24, 2.45) is 0 Å². The summed E-state index contributed by atoms with van der Waals surface area (Å²) in [7, 11) is 0. The molecule has 124 valence electrons. The SMILES string of the molecule is Cc1nc(C(=O)N[C@H](C)c2ccccc2)c(-c2ccc(C#N)cc2)s1. The van der Waals surface area contributed by atoms with Crippen LogP contribution in [-0.4, -0.2) is 10.9 Å². The van der Waals surface area contributed by atoms with Crippen molar-refractivity contribution in [3.05, 3.63) is 76.4 Å². The summed E-state index contributed by atoms with van der Waals surface area (Å²) < 4.78 is 0. The maximum atomic E-state index is 12.7. The minimum atomic E-state index is -0.194. The molecule has 25 heavy (non-hydrogen) atoms. The summed E-state index contributed by atoms with van der Waals surface area (Å²) in [6.45, 7) is 3.84. The molecule has 2 aromatic carbocycles. The minimum Gasteiger partial charge on any atom is -0.344 e. The lowest BCUT2D eigenvalue weighted by atomic mass is 10.1. The molecule has 1 N–H and O–H groups in total. The zero-order valence-electron chi connectivity index (χ0n) is 14.0. The Morgan fingerprint density at radius 2 is 1.84 bits per heavy atom. The van der Waals surface area contributed by atoms with Gasteiger partial charge in [0, 0.05) is 0 Å². The third-order valence-corrected chi connectivity index (χ3v) is 4.89. The minimum absolute atomic E-state index is 0.107. The van der Waals surface area contributed by atoms with Crippen LogP contribution in [0.2, 0.25) is 0 Å². The topological polar surface area (TPSA) is 65.8 Å². The van der Waals surface area contributed by atoms with Crippen LogP contribution in [0.1, 0.15) is 39.6 Å². The van der Waals surface area contributed by atoms with E-state index in [1.54, 1.807) is 12.1 Å². The maximum absolute atomic E-state index is 12.7. The van der Waals surface area contributed by atoms with Crippen molar-refractivity contribution < 1.29 is 4.79 Å².